The molecular formula is C51H43N5. The number of nitrogens with zero attached hydrogens (tertiary/aromatic N) is 2. The van der Waals surface area contributed by atoms with E-state index < -0.39 is 0 Å². The summed E-state index contributed by atoms with van der Waals surface area (Å²) in [6.45, 7) is 2.77. The summed E-state index contributed by atoms with van der Waals surface area (Å²) in [5.74, 6) is 0.121. The van der Waals surface area contributed by atoms with Crippen molar-refractivity contribution in [2.24, 2.45) is 11.5 Å². The lowest BCUT2D eigenvalue weighted by molar-refractivity contribution is 1.07. The molecule has 5 N–H and O–H groups in total. The minimum atomic E-state index is 0.121. The highest BCUT2D eigenvalue weighted by Gasteiger charge is 2.15. The van der Waals surface area contributed by atoms with Crippen LogP contribution in [0.1, 0.15) is 16.7 Å². The van der Waals surface area contributed by atoms with Crippen LogP contribution in [0.4, 0.5) is 0 Å². The number of nitrogen functional groups attached to an aromatic ring is 1. The smallest absolute Gasteiger partial charge is 0.122 e. The molecule has 10 rings (SSSR count). The zero-order valence-corrected chi connectivity index (χ0v) is 31.3. The van der Waals surface area contributed by atoms with Gasteiger partial charge in [-0.3, -0.25) is 5.41 Å². The zero-order chi connectivity index (χ0) is 38.4. The van der Waals surface area contributed by atoms with Gasteiger partial charge in [-0.15, -0.1) is 0 Å². The molecule has 5 nitrogen and oxygen atoms in total. The predicted molar refractivity (Wildman–Crippen MR) is 237 cm³/mol. The fraction of sp³-hybridized carbons (Fsp3) is 0.0392. The average molecular weight is 726 g/mol. The van der Waals surface area contributed by atoms with E-state index in [-0.39, 0.29) is 5.84 Å². The summed E-state index contributed by atoms with van der Waals surface area (Å²) < 4.78 is 4.75. The van der Waals surface area contributed by atoms with Gasteiger partial charge in [-0.1, -0.05) is 145 Å². The molecule has 10 aromatic rings. The van der Waals surface area contributed by atoms with Crippen LogP contribution in [-0.2, 0) is 6.54 Å². The Hall–Kier alpha value is -7.21. The standard InChI is InChI=1S/C37H26N2.C7H8N2.C7H9N/c1-25-15-19-29(20-16-25)39-35-14-8-6-12-31(35)33-24-27(18-22-37(33)39)26-17-21-36-32(23-26)30-11-5-7-13-34(30)38(36)28-9-3-2-4-10-28;8-7(9)6-4-2-1-3-5-6;8-6-7-4-2-1-3-5-7/h2-24H,1H3;1-5H,(H3,8,9);1-5H,6,8H2. The Kier molecular flexibility index (Phi) is 10.2. The van der Waals surface area contributed by atoms with Crippen LogP contribution in [0, 0.1) is 12.3 Å². The number of amidine groups is 1. The lowest BCUT2D eigenvalue weighted by Gasteiger charge is -2.09. The number of aromatic nitrogens is 2. The van der Waals surface area contributed by atoms with Gasteiger partial charge in [0.15, 0.2) is 0 Å². The maximum atomic E-state index is 7.01. The fourth-order valence-corrected chi connectivity index (χ4v) is 7.36. The van der Waals surface area contributed by atoms with Crippen molar-refractivity contribution in [1.29, 1.82) is 5.41 Å². The summed E-state index contributed by atoms with van der Waals surface area (Å²) >= 11 is 0. The Balaban J connectivity index is 0.000000214. The Bertz CT molecular complexity index is 2910. The van der Waals surface area contributed by atoms with Crippen molar-refractivity contribution in [3.05, 3.63) is 217 Å². The van der Waals surface area contributed by atoms with E-state index in [1.54, 1.807) is 0 Å². The highest BCUT2D eigenvalue weighted by molar-refractivity contribution is 6.12. The molecule has 0 saturated heterocycles. The van der Waals surface area contributed by atoms with Gasteiger partial charge in [-0.25, -0.2) is 0 Å². The summed E-state index contributed by atoms with van der Waals surface area (Å²) in [5, 5.41) is 12.1. The Morgan fingerprint density at radius 3 is 1.30 bits per heavy atom. The Morgan fingerprint density at radius 1 is 0.446 bits per heavy atom. The quantitative estimate of drug-likeness (QED) is 0.122. The van der Waals surface area contributed by atoms with Crippen LogP contribution in [0.3, 0.4) is 0 Å². The minimum absolute atomic E-state index is 0.121. The van der Waals surface area contributed by atoms with Crippen molar-refractivity contribution in [1.82, 2.24) is 9.13 Å². The summed E-state index contributed by atoms with van der Waals surface area (Å²) in [7, 11) is 0. The lowest BCUT2D eigenvalue weighted by Crippen LogP contribution is -2.10. The molecule has 0 aliphatic heterocycles. The molecule has 0 atom stereocenters. The SMILES string of the molecule is Cc1ccc(-n2c3ccccc3c3cc(-c4ccc5c(c4)c4ccccc4n5-c4ccccc4)ccc32)cc1.N=C(N)c1ccccc1.NCc1ccccc1. The van der Waals surface area contributed by atoms with E-state index >= 15 is 0 Å². The van der Waals surface area contributed by atoms with Crippen molar-refractivity contribution < 1.29 is 0 Å². The molecule has 2 aromatic heterocycles. The summed E-state index contributed by atoms with van der Waals surface area (Å²) in [4.78, 5) is 0. The van der Waals surface area contributed by atoms with Gasteiger partial charge in [-0.05, 0) is 84.3 Å². The van der Waals surface area contributed by atoms with Crippen LogP contribution < -0.4 is 11.5 Å². The van der Waals surface area contributed by atoms with Crippen LogP contribution in [-0.4, -0.2) is 15.0 Å². The monoisotopic (exact) mass is 725 g/mol. The third-order valence-corrected chi connectivity index (χ3v) is 10.1. The highest BCUT2D eigenvalue weighted by Crippen LogP contribution is 2.38. The first-order valence-electron chi connectivity index (χ1n) is 18.8. The summed E-state index contributed by atoms with van der Waals surface area (Å²) in [6.07, 6.45) is 0. The second-order valence-electron chi connectivity index (χ2n) is 13.8. The number of nitrogens with one attached hydrogen (secondary N) is 1. The predicted octanol–water partition coefficient (Wildman–Crippen LogP) is 12.0. The van der Waals surface area contributed by atoms with E-state index in [9.17, 15) is 0 Å². The second-order valence-corrected chi connectivity index (χ2v) is 13.8. The molecule has 0 amide bonds. The maximum Gasteiger partial charge on any atom is 0.122 e. The van der Waals surface area contributed by atoms with Gasteiger partial charge in [0.2, 0.25) is 0 Å². The van der Waals surface area contributed by atoms with E-state index in [0.29, 0.717) is 6.54 Å². The number of hydrogen-bond acceptors (Lipinski definition) is 2. The van der Waals surface area contributed by atoms with E-state index in [2.05, 4.69) is 156 Å². The van der Waals surface area contributed by atoms with Crippen LogP contribution in [0.15, 0.2) is 200 Å². The second kappa shape index (κ2) is 16.0. The van der Waals surface area contributed by atoms with Gasteiger partial charge in [-0.2, -0.15) is 0 Å². The van der Waals surface area contributed by atoms with Gasteiger partial charge < -0.3 is 20.6 Å². The van der Waals surface area contributed by atoms with Crippen molar-refractivity contribution >= 4 is 49.4 Å². The van der Waals surface area contributed by atoms with Gasteiger partial charge in [0.05, 0.1) is 22.1 Å². The van der Waals surface area contributed by atoms with Crippen LogP contribution in [0.5, 0.6) is 0 Å². The molecule has 0 fully saturated rings. The van der Waals surface area contributed by atoms with E-state index in [1.807, 2.05) is 60.7 Å². The summed E-state index contributed by atoms with van der Waals surface area (Å²) in [6, 6.07) is 69.9. The molecule has 5 heteroatoms. The molecular weight excluding hydrogens is 683 g/mol. The number of para-hydroxylation sites is 3. The first kappa shape index (κ1) is 35.8. The molecule has 8 aromatic carbocycles. The van der Waals surface area contributed by atoms with Crippen molar-refractivity contribution in [2.45, 2.75) is 13.5 Å². The molecule has 0 aliphatic carbocycles. The maximum absolute atomic E-state index is 7.01. The number of aryl methyl sites for hydroxylation is 1. The Labute approximate surface area is 327 Å². The van der Waals surface area contributed by atoms with Gasteiger partial charge in [0, 0.05) is 45.0 Å². The van der Waals surface area contributed by atoms with Crippen LogP contribution in [0.25, 0.3) is 66.1 Å². The van der Waals surface area contributed by atoms with Gasteiger partial charge in [0.1, 0.15) is 5.84 Å². The zero-order valence-electron chi connectivity index (χ0n) is 31.3. The fourth-order valence-electron chi connectivity index (χ4n) is 7.36. The Morgan fingerprint density at radius 2 is 0.857 bits per heavy atom. The highest BCUT2D eigenvalue weighted by atomic mass is 15.0. The third kappa shape index (κ3) is 7.19. The topological polar surface area (TPSA) is 85.8 Å². The summed E-state index contributed by atoms with van der Waals surface area (Å²) in [5.41, 5.74) is 23.5. The van der Waals surface area contributed by atoms with E-state index in [4.69, 9.17) is 16.9 Å². The van der Waals surface area contributed by atoms with Crippen LogP contribution >= 0.6 is 0 Å². The number of nitrogens with two attached hydrogens (primary N) is 2. The normalized spacial score (nSPS) is 10.9. The lowest BCUT2D eigenvalue weighted by atomic mass is 10.0. The molecule has 0 saturated carbocycles. The molecule has 0 unspecified atom stereocenters. The number of hydrogen-bond donors (Lipinski definition) is 3. The van der Waals surface area contributed by atoms with Crippen LogP contribution in [0.2, 0.25) is 0 Å². The van der Waals surface area contributed by atoms with E-state index in [1.165, 1.54) is 77.2 Å². The molecule has 0 radical (unpaired) electrons. The average Bonchev–Trinajstić information content (AvgIpc) is 3.77. The van der Waals surface area contributed by atoms with Crippen molar-refractivity contribution in [3.8, 4) is 22.5 Å². The number of fused-ring (bicyclic) bond motifs is 6. The van der Waals surface area contributed by atoms with Gasteiger partial charge in [0.25, 0.3) is 0 Å². The first-order chi connectivity index (χ1) is 27.5. The minimum Gasteiger partial charge on any atom is -0.384 e. The first-order valence-corrected chi connectivity index (χ1v) is 18.8. The van der Waals surface area contributed by atoms with Crippen molar-refractivity contribution in [3.63, 3.8) is 0 Å². The molecule has 56 heavy (non-hydrogen) atoms. The number of rotatable bonds is 5. The third-order valence-electron chi connectivity index (χ3n) is 10.1. The number of benzene rings is 8. The molecule has 0 spiro atoms. The van der Waals surface area contributed by atoms with Gasteiger partial charge >= 0.3 is 0 Å². The largest absolute Gasteiger partial charge is 0.384 e. The molecule has 272 valence electrons. The molecule has 0 aliphatic rings. The van der Waals surface area contributed by atoms with Crippen molar-refractivity contribution in [2.75, 3.05) is 0 Å². The molecule has 0 bridgehead atoms. The molecule has 2 heterocycles. The van der Waals surface area contributed by atoms with E-state index in [0.717, 1.165) is 5.56 Å².